The van der Waals surface area contributed by atoms with E-state index in [0.29, 0.717) is 12.5 Å². The minimum Gasteiger partial charge on any atom is -0.339 e. The van der Waals surface area contributed by atoms with E-state index < -0.39 is 0 Å². The van der Waals surface area contributed by atoms with Gasteiger partial charge in [-0.2, -0.15) is 0 Å². The largest absolute Gasteiger partial charge is 0.339 e. The van der Waals surface area contributed by atoms with Crippen molar-refractivity contribution in [3.05, 3.63) is 35.9 Å². The van der Waals surface area contributed by atoms with Crippen LogP contribution in [0.25, 0.3) is 0 Å². The molecule has 0 bridgehead atoms. The average Bonchev–Trinajstić information content (AvgIpc) is 3.04. The zero-order chi connectivity index (χ0) is 15.1. The molecule has 0 unspecified atom stereocenters. The number of hydrogen-bond acceptors (Lipinski definition) is 3. The van der Waals surface area contributed by atoms with E-state index in [0.717, 1.165) is 32.5 Å². The number of amides is 1. The number of benzene rings is 1. The Bertz CT molecular complexity index is 429. The molecule has 1 aromatic rings. The lowest BCUT2D eigenvalue weighted by molar-refractivity contribution is -0.133. The van der Waals surface area contributed by atoms with Crippen molar-refractivity contribution in [2.24, 2.45) is 5.73 Å². The molecule has 0 radical (unpaired) electrons. The van der Waals surface area contributed by atoms with Gasteiger partial charge in [0.1, 0.15) is 0 Å². The Morgan fingerprint density at radius 3 is 2.81 bits per heavy atom. The zero-order valence-electron chi connectivity index (χ0n) is 12.9. The van der Waals surface area contributed by atoms with Crippen LogP contribution in [-0.4, -0.2) is 42.5 Å². The minimum absolute atomic E-state index is 0.0853. The summed E-state index contributed by atoms with van der Waals surface area (Å²) in [6.45, 7) is 4.55. The molecule has 1 saturated heterocycles. The molecule has 0 saturated carbocycles. The highest BCUT2D eigenvalue weighted by Crippen LogP contribution is 2.10. The van der Waals surface area contributed by atoms with Gasteiger partial charge in [0.25, 0.3) is 0 Å². The van der Waals surface area contributed by atoms with E-state index >= 15 is 0 Å². The van der Waals surface area contributed by atoms with Crippen LogP contribution in [-0.2, 0) is 11.2 Å². The van der Waals surface area contributed by atoms with Crippen LogP contribution < -0.4 is 11.1 Å². The third kappa shape index (κ3) is 4.83. The number of carbonyl (C=O) groups excluding carboxylic acids is 1. The topological polar surface area (TPSA) is 58.4 Å². The first kappa shape index (κ1) is 16.0. The van der Waals surface area contributed by atoms with Crippen molar-refractivity contribution in [1.82, 2.24) is 10.2 Å². The van der Waals surface area contributed by atoms with Gasteiger partial charge >= 0.3 is 0 Å². The molecule has 3 N–H and O–H groups in total. The minimum atomic E-state index is -0.373. The van der Waals surface area contributed by atoms with Gasteiger partial charge in [-0.25, -0.2) is 0 Å². The van der Waals surface area contributed by atoms with Gasteiger partial charge in [-0.1, -0.05) is 37.3 Å². The summed E-state index contributed by atoms with van der Waals surface area (Å²) in [5.74, 6) is 0.0853. The van der Waals surface area contributed by atoms with Crippen LogP contribution in [0.5, 0.6) is 0 Å². The molecule has 1 fully saturated rings. The molecular formula is C17H27N3O. The Morgan fingerprint density at radius 2 is 2.19 bits per heavy atom. The summed E-state index contributed by atoms with van der Waals surface area (Å²) in [5.41, 5.74) is 7.21. The molecule has 2 rings (SSSR count). The number of nitrogens with one attached hydrogen (secondary N) is 1. The van der Waals surface area contributed by atoms with E-state index in [4.69, 9.17) is 5.73 Å². The molecule has 4 heteroatoms. The van der Waals surface area contributed by atoms with Crippen molar-refractivity contribution in [2.75, 3.05) is 19.6 Å². The highest BCUT2D eigenvalue weighted by molar-refractivity contribution is 5.81. The van der Waals surface area contributed by atoms with Crippen LogP contribution in [0, 0.1) is 0 Å². The van der Waals surface area contributed by atoms with Crippen LogP contribution in [0.4, 0.5) is 0 Å². The monoisotopic (exact) mass is 289 g/mol. The summed E-state index contributed by atoms with van der Waals surface area (Å²) in [4.78, 5) is 14.4. The molecule has 0 spiro atoms. The average molecular weight is 289 g/mol. The number of nitrogens with two attached hydrogens (primary N) is 1. The predicted molar refractivity (Wildman–Crippen MR) is 86.0 cm³/mol. The quantitative estimate of drug-likeness (QED) is 0.800. The number of rotatable bonds is 7. The predicted octanol–water partition coefficient (Wildman–Crippen LogP) is 1.55. The third-order valence-electron chi connectivity index (χ3n) is 4.19. The van der Waals surface area contributed by atoms with Crippen molar-refractivity contribution >= 4 is 5.91 Å². The van der Waals surface area contributed by atoms with Crippen LogP contribution >= 0.6 is 0 Å². The van der Waals surface area contributed by atoms with Crippen molar-refractivity contribution in [3.63, 3.8) is 0 Å². The lowest BCUT2D eigenvalue weighted by Gasteiger charge is -2.28. The molecule has 0 aliphatic carbocycles. The number of carbonyl (C=O) groups is 1. The Labute approximate surface area is 127 Å². The molecule has 116 valence electrons. The van der Waals surface area contributed by atoms with E-state index in [1.165, 1.54) is 12.0 Å². The van der Waals surface area contributed by atoms with Crippen LogP contribution in [0.3, 0.4) is 0 Å². The molecular weight excluding hydrogens is 262 g/mol. The van der Waals surface area contributed by atoms with E-state index in [1.54, 1.807) is 0 Å². The van der Waals surface area contributed by atoms with E-state index in [2.05, 4.69) is 17.4 Å². The first-order valence-corrected chi connectivity index (χ1v) is 8.02. The van der Waals surface area contributed by atoms with Gasteiger partial charge in [-0.05, 0) is 37.8 Å². The molecule has 0 aromatic heterocycles. The van der Waals surface area contributed by atoms with Gasteiger partial charge < -0.3 is 16.0 Å². The Morgan fingerprint density at radius 1 is 1.43 bits per heavy atom. The third-order valence-corrected chi connectivity index (χ3v) is 4.19. The van der Waals surface area contributed by atoms with Crippen molar-refractivity contribution in [1.29, 1.82) is 0 Å². The maximum atomic E-state index is 12.5. The highest BCUT2D eigenvalue weighted by Gasteiger charge is 2.24. The van der Waals surface area contributed by atoms with Gasteiger partial charge in [0.05, 0.1) is 6.04 Å². The SMILES string of the molecule is CC[C@H](N)C(=O)N(CCc1ccccc1)C[C@@H]1CCCN1. The summed E-state index contributed by atoms with van der Waals surface area (Å²) in [5, 5.41) is 3.46. The molecule has 21 heavy (non-hydrogen) atoms. The summed E-state index contributed by atoms with van der Waals surface area (Å²) in [6.07, 6.45) is 3.93. The van der Waals surface area contributed by atoms with E-state index in [1.807, 2.05) is 30.0 Å². The zero-order valence-corrected chi connectivity index (χ0v) is 12.9. The second-order valence-corrected chi connectivity index (χ2v) is 5.83. The van der Waals surface area contributed by atoms with E-state index in [-0.39, 0.29) is 11.9 Å². The Kier molecular flexibility index (Phi) is 6.21. The normalized spacial score (nSPS) is 19.4. The lowest BCUT2D eigenvalue weighted by Crippen LogP contribution is -2.48. The maximum Gasteiger partial charge on any atom is 0.239 e. The molecule has 1 aromatic carbocycles. The number of nitrogens with zero attached hydrogens (tertiary/aromatic N) is 1. The summed E-state index contributed by atoms with van der Waals surface area (Å²) < 4.78 is 0. The van der Waals surface area contributed by atoms with Crippen molar-refractivity contribution in [3.8, 4) is 0 Å². The standard InChI is InChI=1S/C17H27N3O/c1-2-16(18)17(21)20(13-15-9-6-11-19-15)12-10-14-7-4-3-5-8-14/h3-5,7-8,15-16,19H,2,6,9-13,18H2,1H3/t15-,16-/m0/s1. The fraction of sp³-hybridized carbons (Fsp3) is 0.588. The van der Waals surface area contributed by atoms with Crippen LogP contribution in [0.1, 0.15) is 31.7 Å². The van der Waals surface area contributed by atoms with Gasteiger partial charge in [0.2, 0.25) is 5.91 Å². The van der Waals surface area contributed by atoms with Crippen molar-refractivity contribution in [2.45, 2.75) is 44.7 Å². The molecule has 2 atom stereocenters. The summed E-state index contributed by atoms with van der Waals surface area (Å²) >= 11 is 0. The molecule has 1 amide bonds. The Hall–Kier alpha value is -1.39. The highest BCUT2D eigenvalue weighted by atomic mass is 16.2. The molecule has 1 aliphatic rings. The number of hydrogen-bond donors (Lipinski definition) is 2. The lowest BCUT2D eigenvalue weighted by atomic mass is 10.1. The Balaban J connectivity index is 1.95. The second kappa shape index (κ2) is 8.15. The smallest absolute Gasteiger partial charge is 0.239 e. The first-order valence-electron chi connectivity index (χ1n) is 8.02. The van der Waals surface area contributed by atoms with E-state index in [9.17, 15) is 4.79 Å². The molecule has 1 heterocycles. The fourth-order valence-electron chi connectivity index (χ4n) is 2.79. The maximum absolute atomic E-state index is 12.5. The van der Waals surface area contributed by atoms with Gasteiger partial charge in [0, 0.05) is 19.1 Å². The van der Waals surface area contributed by atoms with Gasteiger partial charge in [0.15, 0.2) is 0 Å². The van der Waals surface area contributed by atoms with Crippen LogP contribution in [0.15, 0.2) is 30.3 Å². The molecule has 1 aliphatic heterocycles. The first-order chi connectivity index (χ1) is 10.2. The fourth-order valence-corrected chi connectivity index (χ4v) is 2.79. The van der Waals surface area contributed by atoms with Gasteiger partial charge in [-0.3, -0.25) is 4.79 Å². The molecule has 4 nitrogen and oxygen atoms in total. The van der Waals surface area contributed by atoms with Crippen molar-refractivity contribution < 1.29 is 4.79 Å². The summed E-state index contributed by atoms with van der Waals surface area (Å²) in [7, 11) is 0. The summed E-state index contributed by atoms with van der Waals surface area (Å²) in [6, 6.07) is 10.4. The second-order valence-electron chi connectivity index (χ2n) is 5.83. The van der Waals surface area contributed by atoms with Crippen LogP contribution in [0.2, 0.25) is 0 Å². The van der Waals surface area contributed by atoms with Gasteiger partial charge in [-0.15, -0.1) is 0 Å².